The summed E-state index contributed by atoms with van der Waals surface area (Å²) < 4.78 is 2.16. The third-order valence-corrected chi connectivity index (χ3v) is 5.78. The van der Waals surface area contributed by atoms with E-state index in [2.05, 4.69) is 28.9 Å². The molecule has 0 bridgehead atoms. The highest BCUT2D eigenvalue weighted by molar-refractivity contribution is 7.80. The minimum Gasteiger partial charge on any atom is -0.318 e. The molecule has 1 fully saturated rings. The van der Waals surface area contributed by atoms with E-state index in [1.54, 1.807) is 18.2 Å². The molecule has 156 valence electrons. The van der Waals surface area contributed by atoms with Crippen molar-refractivity contribution in [1.29, 1.82) is 0 Å². The van der Waals surface area contributed by atoms with Gasteiger partial charge in [0.1, 0.15) is 5.57 Å². The zero-order chi connectivity index (χ0) is 22.1. The maximum absolute atomic E-state index is 13.2. The number of rotatable bonds is 4. The molecule has 1 aliphatic heterocycles. The predicted molar refractivity (Wildman–Crippen MR) is 127 cm³/mol. The molecule has 0 spiro atoms. The Kier molecular flexibility index (Phi) is 5.57. The van der Waals surface area contributed by atoms with Crippen LogP contribution in [0, 0.1) is 13.8 Å². The van der Waals surface area contributed by atoms with Crippen LogP contribution in [0.25, 0.3) is 11.8 Å². The number of aryl methyl sites for hydroxylation is 2. The van der Waals surface area contributed by atoms with Crippen LogP contribution >= 0.6 is 12.2 Å². The van der Waals surface area contributed by atoms with E-state index in [0.29, 0.717) is 5.69 Å². The van der Waals surface area contributed by atoms with Crippen LogP contribution in [-0.4, -0.2) is 21.5 Å². The van der Waals surface area contributed by atoms with Gasteiger partial charge >= 0.3 is 0 Å². The molecule has 0 unspecified atom stereocenters. The molecule has 0 aliphatic carbocycles. The normalized spacial score (nSPS) is 15.5. The summed E-state index contributed by atoms with van der Waals surface area (Å²) in [7, 11) is 0. The average molecular weight is 430 g/mol. The fourth-order valence-electron chi connectivity index (χ4n) is 3.96. The van der Waals surface area contributed by atoms with Gasteiger partial charge in [-0.25, -0.2) is 0 Å². The fourth-order valence-corrected chi connectivity index (χ4v) is 4.24. The molecule has 1 saturated heterocycles. The van der Waals surface area contributed by atoms with E-state index in [1.807, 2.05) is 50.2 Å². The molecule has 0 saturated carbocycles. The monoisotopic (exact) mass is 429 g/mol. The van der Waals surface area contributed by atoms with E-state index >= 15 is 0 Å². The van der Waals surface area contributed by atoms with Gasteiger partial charge in [-0.05, 0) is 74.0 Å². The average Bonchev–Trinajstić information content (AvgIpc) is 3.04. The lowest BCUT2D eigenvalue weighted by molar-refractivity contribution is -0.122. The number of thiocarbonyl (C=S) groups is 1. The first-order chi connectivity index (χ1) is 14.9. The van der Waals surface area contributed by atoms with E-state index in [4.69, 9.17) is 12.2 Å². The van der Waals surface area contributed by atoms with Crippen LogP contribution in [0.4, 0.5) is 5.69 Å². The van der Waals surface area contributed by atoms with Crippen molar-refractivity contribution in [2.75, 3.05) is 4.90 Å². The van der Waals surface area contributed by atoms with Gasteiger partial charge in [0.05, 0.1) is 5.69 Å². The van der Waals surface area contributed by atoms with Gasteiger partial charge in [-0.1, -0.05) is 43.3 Å². The quantitative estimate of drug-likeness (QED) is 0.378. The van der Waals surface area contributed by atoms with Crippen molar-refractivity contribution >= 4 is 40.9 Å². The Bertz CT molecular complexity index is 1220. The van der Waals surface area contributed by atoms with Gasteiger partial charge in [0.25, 0.3) is 11.8 Å². The molecule has 6 heteroatoms. The second-order valence-electron chi connectivity index (χ2n) is 7.44. The Morgan fingerprint density at radius 3 is 2.39 bits per heavy atom. The zero-order valence-corrected chi connectivity index (χ0v) is 18.5. The lowest BCUT2D eigenvalue weighted by Gasteiger charge is -2.28. The lowest BCUT2D eigenvalue weighted by Crippen LogP contribution is -2.54. The number of benzene rings is 2. The number of carbonyl (C=O) groups is 2. The highest BCUT2D eigenvalue weighted by Gasteiger charge is 2.34. The highest BCUT2D eigenvalue weighted by atomic mass is 32.1. The molecule has 5 nitrogen and oxygen atoms in total. The molecular weight excluding hydrogens is 406 g/mol. The number of para-hydroxylation sites is 2. The van der Waals surface area contributed by atoms with E-state index in [0.717, 1.165) is 29.1 Å². The van der Waals surface area contributed by atoms with Crippen molar-refractivity contribution in [3.05, 3.63) is 88.8 Å². The minimum absolute atomic E-state index is 0.0569. The number of hydrogen-bond donors (Lipinski definition) is 1. The number of carbonyl (C=O) groups excluding carboxylic acids is 2. The van der Waals surface area contributed by atoms with Gasteiger partial charge in [0.15, 0.2) is 5.11 Å². The van der Waals surface area contributed by atoms with Crippen molar-refractivity contribution in [1.82, 2.24) is 9.88 Å². The second-order valence-corrected chi connectivity index (χ2v) is 7.82. The molecule has 31 heavy (non-hydrogen) atoms. The van der Waals surface area contributed by atoms with Crippen molar-refractivity contribution < 1.29 is 9.59 Å². The Morgan fingerprint density at radius 1 is 1.00 bits per heavy atom. The number of nitrogens with one attached hydrogen (secondary N) is 1. The standard InChI is InChI=1S/C25H23N3O2S/c1-4-18-10-8-9-13-22(18)27-16(2)14-19(17(27)3)15-21-23(29)26-25(31)28(24(21)30)20-11-6-5-7-12-20/h5-15H,4H2,1-3H3,(H,26,29,31)/b21-15+. The minimum atomic E-state index is -0.485. The zero-order valence-electron chi connectivity index (χ0n) is 17.7. The number of anilines is 1. The van der Waals surface area contributed by atoms with Crippen molar-refractivity contribution in [3.63, 3.8) is 0 Å². The summed E-state index contributed by atoms with van der Waals surface area (Å²) >= 11 is 5.26. The van der Waals surface area contributed by atoms with Crippen molar-refractivity contribution in [3.8, 4) is 5.69 Å². The molecule has 0 radical (unpaired) electrons. The van der Waals surface area contributed by atoms with E-state index in [9.17, 15) is 9.59 Å². The molecule has 2 aromatic carbocycles. The lowest BCUT2D eigenvalue weighted by atomic mass is 10.1. The maximum Gasteiger partial charge on any atom is 0.270 e. The van der Waals surface area contributed by atoms with Crippen molar-refractivity contribution in [2.45, 2.75) is 27.2 Å². The molecule has 1 N–H and O–H groups in total. The number of nitrogens with zero attached hydrogens (tertiary/aromatic N) is 2. The molecule has 2 amide bonds. The van der Waals surface area contributed by atoms with E-state index < -0.39 is 11.8 Å². The summed E-state index contributed by atoms with van der Waals surface area (Å²) in [5.74, 6) is -0.917. The molecule has 0 atom stereocenters. The van der Waals surface area contributed by atoms with Crippen molar-refractivity contribution in [2.24, 2.45) is 0 Å². The topological polar surface area (TPSA) is 54.3 Å². The molecule has 1 aromatic heterocycles. The van der Waals surface area contributed by atoms with Crippen LogP contribution in [0.1, 0.15) is 29.4 Å². The molecule has 3 aromatic rings. The van der Waals surface area contributed by atoms with Gasteiger partial charge in [0.2, 0.25) is 0 Å². The van der Waals surface area contributed by atoms with Gasteiger partial charge in [-0.3, -0.25) is 19.8 Å². The SMILES string of the molecule is CCc1ccccc1-n1c(C)cc(/C=C2\C(=O)NC(=S)N(c3ccccc3)C2=O)c1C. The summed E-state index contributed by atoms with van der Waals surface area (Å²) in [6.07, 6.45) is 2.57. The van der Waals surface area contributed by atoms with Gasteiger partial charge in [0, 0.05) is 17.1 Å². The third-order valence-electron chi connectivity index (χ3n) is 5.50. The first-order valence-corrected chi connectivity index (χ1v) is 10.6. The third kappa shape index (κ3) is 3.70. The summed E-state index contributed by atoms with van der Waals surface area (Å²) in [6, 6.07) is 19.3. The maximum atomic E-state index is 13.2. The highest BCUT2D eigenvalue weighted by Crippen LogP contribution is 2.27. The smallest absolute Gasteiger partial charge is 0.270 e. The van der Waals surface area contributed by atoms with E-state index in [1.165, 1.54) is 10.5 Å². The molecule has 4 rings (SSSR count). The predicted octanol–water partition coefficient (Wildman–Crippen LogP) is 4.49. The Balaban J connectivity index is 1.79. The van der Waals surface area contributed by atoms with Crippen LogP contribution in [0.3, 0.4) is 0 Å². The summed E-state index contributed by atoms with van der Waals surface area (Å²) in [4.78, 5) is 27.2. The summed E-state index contributed by atoms with van der Waals surface area (Å²) in [5, 5.41) is 2.73. The first kappa shape index (κ1) is 20.8. The molecular formula is C25H23N3O2S. The largest absolute Gasteiger partial charge is 0.318 e. The number of amides is 2. The van der Waals surface area contributed by atoms with Gasteiger partial charge in [-0.2, -0.15) is 0 Å². The molecule has 1 aliphatic rings. The van der Waals surface area contributed by atoms with Gasteiger partial charge in [-0.15, -0.1) is 0 Å². The Labute approximate surface area is 187 Å². The first-order valence-electron chi connectivity index (χ1n) is 10.2. The summed E-state index contributed by atoms with van der Waals surface area (Å²) in [5.41, 5.74) is 5.83. The Hall–Kier alpha value is -3.51. The fraction of sp³-hybridized carbons (Fsp3) is 0.160. The summed E-state index contributed by atoms with van der Waals surface area (Å²) in [6.45, 7) is 6.15. The second kappa shape index (κ2) is 8.32. The van der Waals surface area contributed by atoms with Crippen LogP contribution in [-0.2, 0) is 16.0 Å². The van der Waals surface area contributed by atoms with Crippen LogP contribution in [0.5, 0.6) is 0 Å². The van der Waals surface area contributed by atoms with E-state index in [-0.39, 0.29) is 10.7 Å². The van der Waals surface area contributed by atoms with Crippen LogP contribution in [0.15, 0.2) is 66.2 Å². The number of aromatic nitrogens is 1. The van der Waals surface area contributed by atoms with Crippen LogP contribution < -0.4 is 10.2 Å². The van der Waals surface area contributed by atoms with Gasteiger partial charge < -0.3 is 4.57 Å². The number of hydrogen-bond acceptors (Lipinski definition) is 3. The molecule has 2 heterocycles. The Morgan fingerprint density at radius 2 is 1.68 bits per heavy atom. The van der Waals surface area contributed by atoms with Crippen LogP contribution in [0.2, 0.25) is 0 Å².